The zero-order valence-corrected chi connectivity index (χ0v) is 9.40. The molecular formula is C10H18N4O. The van der Waals surface area contributed by atoms with E-state index >= 15 is 0 Å². The highest BCUT2D eigenvalue weighted by molar-refractivity contribution is 5.83. The van der Waals surface area contributed by atoms with Crippen LogP contribution >= 0.6 is 0 Å². The van der Waals surface area contributed by atoms with Crippen LogP contribution in [0.15, 0.2) is 12.4 Å². The summed E-state index contributed by atoms with van der Waals surface area (Å²) in [5.41, 5.74) is 11.0. The third kappa shape index (κ3) is 2.79. The van der Waals surface area contributed by atoms with Crippen molar-refractivity contribution >= 4 is 5.91 Å². The van der Waals surface area contributed by atoms with Crippen molar-refractivity contribution in [1.82, 2.24) is 9.78 Å². The Hall–Kier alpha value is -1.36. The molecule has 1 aromatic rings. The van der Waals surface area contributed by atoms with Gasteiger partial charge in [0.05, 0.1) is 12.7 Å². The second-order valence-corrected chi connectivity index (χ2v) is 4.41. The van der Waals surface area contributed by atoms with Gasteiger partial charge in [-0.1, -0.05) is 13.8 Å². The molecular weight excluding hydrogens is 192 g/mol. The lowest BCUT2D eigenvalue weighted by Crippen LogP contribution is -2.52. The van der Waals surface area contributed by atoms with Crippen molar-refractivity contribution in [3.63, 3.8) is 0 Å². The van der Waals surface area contributed by atoms with Crippen molar-refractivity contribution in [1.29, 1.82) is 0 Å². The Morgan fingerprint density at radius 1 is 1.67 bits per heavy atom. The Labute approximate surface area is 89.4 Å². The molecule has 1 heterocycles. The smallest absolute Gasteiger partial charge is 0.239 e. The van der Waals surface area contributed by atoms with Gasteiger partial charge in [-0.15, -0.1) is 0 Å². The van der Waals surface area contributed by atoms with Crippen LogP contribution in [-0.2, 0) is 11.3 Å². The normalized spacial score (nSPS) is 15.3. The molecule has 5 nitrogen and oxygen atoms in total. The second kappa shape index (κ2) is 4.02. The number of aromatic nitrogens is 2. The zero-order chi connectivity index (χ0) is 11.6. The van der Waals surface area contributed by atoms with Crippen LogP contribution in [0.4, 0.5) is 0 Å². The topological polar surface area (TPSA) is 86.9 Å². The number of hydrogen-bond acceptors (Lipinski definition) is 3. The average Bonchev–Trinajstić information content (AvgIpc) is 2.51. The van der Waals surface area contributed by atoms with Gasteiger partial charge in [-0.3, -0.25) is 9.48 Å². The van der Waals surface area contributed by atoms with E-state index in [-0.39, 0.29) is 0 Å². The highest BCUT2D eigenvalue weighted by Gasteiger charge is 2.26. The van der Waals surface area contributed by atoms with E-state index in [1.165, 1.54) is 0 Å². The van der Waals surface area contributed by atoms with Crippen LogP contribution in [0.2, 0.25) is 0 Å². The Morgan fingerprint density at radius 3 is 2.67 bits per heavy atom. The van der Waals surface area contributed by atoms with Crippen molar-refractivity contribution in [2.45, 2.75) is 38.8 Å². The summed E-state index contributed by atoms with van der Waals surface area (Å²) in [6, 6.07) is 0. The molecule has 1 amide bonds. The number of nitrogens with two attached hydrogens (primary N) is 2. The molecule has 1 rings (SSSR count). The van der Waals surface area contributed by atoms with Gasteiger partial charge in [0.25, 0.3) is 0 Å². The fraction of sp³-hybridized carbons (Fsp3) is 0.600. The first-order valence-electron chi connectivity index (χ1n) is 4.94. The van der Waals surface area contributed by atoms with E-state index in [0.29, 0.717) is 12.5 Å². The van der Waals surface area contributed by atoms with Crippen molar-refractivity contribution in [3.05, 3.63) is 18.0 Å². The first kappa shape index (κ1) is 11.7. The van der Waals surface area contributed by atoms with Gasteiger partial charge in [0.15, 0.2) is 0 Å². The third-order valence-corrected chi connectivity index (χ3v) is 2.37. The summed E-state index contributed by atoms with van der Waals surface area (Å²) >= 11 is 0. The lowest BCUT2D eigenvalue weighted by atomic mass is 10.0. The van der Waals surface area contributed by atoms with Gasteiger partial charge in [-0.05, 0) is 18.4 Å². The summed E-state index contributed by atoms with van der Waals surface area (Å²) in [6.07, 6.45) is 3.67. The van der Waals surface area contributed by atoms with Crippen LogP contribution in [0.5, 0.6) is 0 Å². The molecule has 0 fully saturated rings. The standard InChI is InChI=1S/C10H18N4O/c1-7(2)8-4-13-14(5-8)6-10(3,12)9(11)15/h4-5,7H,6,12H2,1-3H3,(H2,11,15). The summed E-state index contributed by atoms with van der Waals surface area (Å²) in [4.78, 5) is 11.0. The van der Waals surface area contributed by atoms with Crippen LogP contribution in [0.1, 0.15) is 32.3 Å². The van der Waals surface area contributed by atoms with E-state index in [9.17, 15) is 4.79 Å². The minimum Gasteiger partial charge on any atom is -0.368 e. The number of hydrogen-bond donors (Lipinski definition) is 2. The summed E-state index contributed by atoms with van der Waals surface area (Å²) in [5.74, 6) is -0.111. The molecule has 84 valence electrons. The highest BCUT2D eigenvalue weighted by atomic mass is 16.1. The zero-order valence-electron chi connectivity index (χ0n) is 9.40. The molecule has 15 heavy (non-hydrogen) atoms. The van der Waals surface area contributed by atoms with E-state index in [2.05, 4.69) is 18.9 Å². The van der Waals surface area contributed by atoms with Gasteiger partial charge in [0.1, 0.15) is 5.54 Å². The minimum atomic E-state index is -1.06. The Kier molecular flexibility index (Phi) is 3.14. The van der Waals surface area contributed by atoms with Gasteiger partial charge in [0, 0.05) is 6.20 Å². The summed E-state index contributed by atoms with van der Waals surface area (Å²) < 4.78 is 1.65. The number of carbonyl (C=O) groups excluding carboxylic acids is 1. The van der Waals surface area contributed by atoms with Crippen molar-refractivity contribution in [2.24, 2.45) is 11.5 Å². The van der Waals surface area contributed by atoms with Crippen LogP contribution in [0.3, 0.4) is 0 Å². The van der Waals surface area contributed by atoms with Gasteiger partial charge in [0.2, 0.25) is 5.91 Å². The molecule has 4 N–H and O–H groups in total. The molecule has 1 atom stereocenters. The maximum Gasteiger partial charge on any atom is 0.239 e. The first-order chi connectivity index (χ1) is 6.83. The molecule has 1 aromatic heterocycles. The highest BCUT2D eigenvalue weighted by Crippen LogP contribution is 2.13. The fourth-order valence-corrected chi connectivity index (χ4v) is 1.18. The predicted octanol–water partition coefficient (Wildman–Crippen LogP) is 0.209. The lowest BCUT2D eigenvalue weighted by Gasteiger charge is -2.19. The minimum absolute atomic E-state index is 0.301. The van der Waals surface area contributed by atoms with E-state index < -0.39 is 11.4 Å². The van der Waals surface area contributed by atoms with E-state index in [1.807, 2.05) is 6.20 Å². The maximum absolute atomic E-state index is 11.0. The molecule has 0 aromatic carbocycles. The van der Waals surface area contributed by atoms with Crippen LogP contribution in [-0.4, -0.2) is 21.2 Å². The Morgan fingerprint density at radius 2 is 2.27 bits per heavy atom. The lowest BCUT2D eigenvalue weighted by molar-refractivity contribution is -0.123. The van der Waals surface area contributed by atoms with E-state index in [4.69, 9.17) is 11.5 Å². The Balaban J connectivity index is 2.77. The molecule has 0 aliphatic rings. The molecule has 1 unspecified atom stereocenters. The largest absolute Gasteiger partial charge is 0.368 e. The van der Waals surface area contributed by atoms with Gasteiger partial charge < -0.3 is 11.5 Å². The number of rotatable bonds is 4. The van der Waals surface area contributed by atoms with Gasteiger partial charge in [-0.25, -0.2) is 0 Å². The van der Waals surface area contributed by atoms with Crippen LogP contribution < -0.4 is 11.5 Å². The number of carbonyl (C=O) groups is 1. The Bertz CT molecular complexity index is 354. The monoisotopic (exact) mass is 210 g/mol. The molecule has 0 aliphatic heterocycles. The molecule has 0 saturated heterocycles. The maximum atomic E-state index is 11.0. The summed E-state index contributed by atoms with van der Waals surface area (Å²) in [5, 5.41) is 4.13. The fourth-order valence-electron chi connectivity index (χ4n) is 1.18. The summed E-state index contributed by atoms with van der Waals surface area (Å²) in [7, 11) is 0. The molecule has 0 aliphatic carbocycles. The van der Waals surface area contributed by atoms with Gasteiger partial charge in [-0.2, -0.15) is 5.10 Å². The van der Waals surface area contributed by atoms with Crippen molar-refractivity contribution in [3.8, 4) is 0 Å². The van der Waals surface area contributed by atoms with Crippen molar-refractivity contribution in [2.75, 3.05) is 0 Å². The summed E-state index contributed by atoms with van der Waals surface area (Å²) in [6.45, 7) is 6.06. The molecule has 0 saturated carbocycles. The average molecular weight is 210 g/mol. The van der Waals surface area contributed by atoms with Crippen LogP contribution in [0, 0.1) is 0 Å². The van der Waals surface area contributed by atoms with E-state index in [0.717, 1.165) is 5.56 Å². The van der Waals surface area contributed by atoms with Crippen LogP contribution in [0.25, 0.3) is 0 Å². The molecule has 0 spiro atoms. The van der Waals surface area contributed by atoms with Crippen molar-refractivity contribution < 1.29 is 4.79 Å². The van der Waals surface area contributed by atoms with Gasteiger partial charge >= 0.3 is 0 Å². The number of nitrogens with zero attached hydrogens (tertiary/aromatic N) is 2. The first-order valence-corrected chi connectivity index (χ1v) is 4.94. The molecule has 5 heteroatoms. The molecule has 0 bridgehead atoms. The number of primary amides is 1. The van der Waals surface area contributed by atoms with E-state index in [1.54, 1.807) is 17.8 Å². The molecule has 0 radical (unpaired) electrons. The SMILES string of the molecule is CC(C)c1cnn(CC(C)(N)C(N)=O)c1. The second-order valence-electron chi connectivity index (χ2n) is 4.41. The number of amides is 1. The third-order valence-electron chi connectivity index (χ3n) is 2.37. The predicted molar refractivity (Wildman–Crippen MR) is 58.1 cm³/mol. The quantitative estimate of drug-likeness (QED) is 0.744.